The number of nitrogens with zero attached hydrogens (tertiary/aromatic N) is 5. The molecule has 0 fully saturated rings. The Morgan fingerprint density at radius 3 is 3.07 bits per heavy atom. The number of nitrogens with one attached hydrogen (secondary N) is 1. The van der Waals surface area contributed by atoms with Gasteiger partial charge in [0.25, 0.3) is 0 Å². The minimum absolute atomic E-state index is 0.579. The molecule has 0 aliphatic rings. The van der Waals surface area contributed by atoms with Crippen molar-refractivity contribution in [2.24, 2.45) is 0 Å². The van der Waals surface area contributed by atoms with Crippen LogP contribution in [0.1, 0.15) is 0 Å². The Hall–Kier alpha value is -1.67. The smallest absolute Gasteiger partial charge is 0.191 e. The van der Waals surface area contributed by atoms with Gasteiger partial charge in [-0.25, -0.2) is 15.1 Å². The van der Waals surface area contributed by atoms with Crippen LogP contribution in [0.2, 0.25) is 0 Å². The Balaban J connectivity index is 2.02. The van der Waals surface area contributed by atoms with E-state index in [0.717, 1.165) is 14.9 Å². The topological polar surface area (TPSA) is 80.2 Å². The summed E-state index contributed by atoms with van der Waals surface area (Å²) in [6.07, 6.45) is 4.60. The number of rotatable bonds is 2. The van der Waals surface area contributed by atoms with Gasteiger partial charge in [-0.3, -0.25) is 0 Å². The van der Waals surface area contributed by atoms with E-state index < -0.39 is 0 Å². The Morgan fingerprint density at radius 1 is 1.33 bits per heavy atom. The van der Waals surface area contributed by atoms with Crippen molar-refractivity contribution in [2.45, 2.75) is 0 Å². The maximum atomic E-state index is 4.17. The van der Waals surface area contributed by atoms with E-state index in [0.29, 0.717) is 5.82 Å². The Labute approximate surface area is 92.0 Å². The van der Waals surface area contributed by atoms with E-state index in [9.17, 15) is 0 Å². The molecule has 3 aromatic heterocycles. The molecule has 73 valence electrons. The van der Waals surface area contributed by atoms with Crippen LogP contribution in [0.3, 0.4) is 0 Å². The summed E-state index contributed by atoms with van der Waals surface area (Å²) < 4.78 is 0. The first-order valence-electron chi connectivity index (χ1n) is 3.96. The molecule has 0 spiro atoms. The molecule has 0 aromatic carbocycles. The van der Waals surface area contributed by atoms with Crippen molar-refractivity contribution < 1.29 is 0 Å². The quantitative estimate of drug-likeness (QED) is 0.723. The van der Waals surface area contributed by atoms with Gasteiger partial charge in [0, 0.05) is 11.6 Å². The fourth-order valence-corrected chi connectivity index (χ4v) is 2.51. The number of H-pyrrole nitrogens is 1. The van der Waals surface area contributed by atoms with Crippen molar-refractivity contribution in [3.8, 4) is 20.7 Å². The molecule has 0 bridgehead atoms. The highest BCUT2D eigenvalue weighted by Gasteiger charge is 2.10. The summed E-state index contributed by atoms with van der Waals surface area (Å²) >= 11 is 3.00. The van der Waals surface area contributed by atoms with Crippen molar-refractivity contribution in [2.75, 3.05) is 0 Å². The third-order valence-electron chi connectivity index (χ3n) is 1.63. The van der Waals surface area contributed by atoms with Gasteiger partial charge in [-0.1, -0.05) is 0 Å². The number of aromatic nitrogens is 6. The van der Waals surface area contributed by atoms with E-state index in [1.54, 1.807) is 17.5 Å². The van der Waals surface area contributed by atoms with Crippen LogP contribution < -0.4 is 0 Å². The highest BCUT2D eigenvalue weighted by Crippen LogP contribution is 2.30. The lowest BCUT2D eigenvalue weighted by atomic mass is 10.5. The van der Waals surface area contributed by atoms with Crippen LogP contribution in [0.5, 0.6) is 0 Å². The highest BCUT2D eigenvalue weighted by molar-refractivity contribution is 7.22. The van der Waals surface area contributed by atoms with Crippen LogP contribution in [0.25, 0.3) is 20.7 Å². The van der Waals surface area contributed by atoms with Gasteiger partial charge in [0.1, 0.15) is 11.1 Å². The first-order chi connectivity index (χ1) is 7.43. The largest absolute Gasteiger partial charge is 0.242 e. The summed E-state index contributed by atoms with van der Waals surface area (Å²) in [6, 6.07) is 0. The lowest BCUT2D eigenvalue weighted by Gasteiger charge is -1.84. The van der Waals surface area contributed by atoms with Crippen molar-refractivity contribution >= 4 is 22.7 Å². The summed E-state index contributed by atoms with van der Waals surface area (Å²) in [7, 11) is 0. The van der Waals surface area contributed by atoms with Crippen LogP contribution in [0.15, 0.2) is 11.6 Å². The summed E-state index contributed by atoms with van der Waals surface area (Å²) in [5.41, 5.74) is 0. The van der Waals surface area contributed by atoms with Gasteiger partial charge < -0.3 is 0 Å². The number of aromatic amines is 1. The molecule has 0 saturated heterocycles. The Morgan fingerprint density at radius 2 is 2.33 bits per heavy atom. The van der Waals surface area contributed by atoms with E-state index in [4.69, 9.17) is 0 Å². The third-order valence-corrected chi connectivity index (χ3v) is 3.51. The van der Waals surface area contributed by atoms with Gasteiger partial charge in [0.2, 0.25) is 0 Å². The van der Waals surface area contributed by atoms with Gasteiger partial charge in [-0.15, -0.1) is 27.8 Å². The van der Waals surface area contributed by atoms with E-state index in [1.165, 1.54) is 11.3 Å². The first kappa shape index (κ1) is 8.62. The second-order valence-corrected chi connectivity index (χ2v) is 4.44. The van der Waals surface area contributed by atoms with Crippen molar-refractivity contribution in [3.05, 3.63) is 17.8 Å². The van der Waals surface area contributed by atoms with Gasteiger partial charge in [0.05, 0.1) is 0 Å². The van der Waals surface area contributed by atoms with E-state index in [2.05, 4.69) is 36.8 Å². The number of hydrogen-bond acceptors (Lipinski definition) is 7. The van der Waals surface area contributed by atoms with Crippen LogP contribution in [0.4, 0.5) is 0 Å². The monoisotopic (exact) mass is 235 g/mol. The van der Waals surface area contributed by atoms with Crippen LogP contribution >= 0.6 is 22.7 Å². The standard InChI is InChI=1S/C7H3N6S2/c1-2-14-6(8-1)7-9-3-4(15-7)5-10-12-13-11-5/h1-2H,(H,10,11,12,13). The maximum absolute atomic E-state index is 4.17. The molecule has 15 heavy (non-hydrogen) atoms. The highest BCUT2D eigenvalue weighted by atomic mass is 32.1. The molecular formula is C7H3N6S2. The molecule has 1 radical (unpaired) electrons. The van der Waals surface area contributed by atoms with Crippen LogP contribution in [-0.2, 0) is 0 Å². The Bertz CT molecular complexity index is 491. The normalized spacial score (nSPS) is 10.7. The minimum atomic E-state index is 0.579. The summed E-state index contributed by atoms with van der Waals surface area (Å²) in [6.45, 7) is 0. The van der Waals surface area contributed by atoms with Gasteiger partial charge in [-0.2, -0.15) is 0 Å². The molecule has 1 N–H and O–H groups in total. The average molecular weight is 235 g/mol. The minimum Gasteiger partial charge on any atom is -0.242 e. The molecule has 0 aliphatic carbocycles. The zero-order valence-corrected chi connectivity index (χ0v) is 8.84. The molecule has 3 heterocycles. The fourth-order valence-electron chi connectivity index (χ4n) is 1.02. The average Bonchev–Trinajstić information content (AvgIpc) is 3.02. The lowest BCUT2D eigenvalue weighted by molar-refractivity contribution is 0.881. The van der Waals surface area contributed by atoms with Gasteiger partial charge in [-0.05, 0) is 10.4 Å². The fraction of sp³-hybridized carbons (Fsp3) is 0. The number of hydrogen-bond donors (Lipinski definition) is 1. The molecule has 0 aliphatic heterocycles. The van der Waals surface area contributed by atoms with E-state index in [-0.39, 0.29) is 0 Å². The van der Waals surface area contributed by atoms with Crippen LogP contribution in [0, 0.1) is 6.20 Å². The third kappa shape index (κ3) is 1.53. The van der Waals surface area contributed by atoms with Gasteiger partial charge in [0.15, 0.2) is 15.8 Å². The molecule has 3 aromatic rings. The van der Waals surface area contributed by atoms with Gasteiger partial charge >= 0.3 is 0 Å². The molecule has 6 nitrogen and oxygen atoms in total. The number of thiazole rings is 2. The second kappa shape index (κ2) is 3.48. The first-order valence-corrected chi connectivity index (χ1v) is 5.65. The zero-order valence-electron chi connectivity index (χ0n) is 7.21. The molecule has 0 amide bonds. The SMILES string of the molecule is [c]1nc(-c2nccs2)sc1-c1nnn[nH]1. The lowest BCUT2D eigenvalue weighted by Crippen LogP contribution is -1.74. The molecule has 8 heteroatoms. The van der Waals surface area contributed by atoms with Crippen molar-refractivity contribution in [1.29, 1.82) is 0 Å². The Kier molecular flexibility index (Phi) is 2.00. The summed E-state index contributed by atoms with van der Waals surface area (Å²) in [4.78, 5) is 9.09. The molecule has 3 rings (SSSR count). The van der Waals surface area contributed by atoms with Crippen LogP contribution in [-0.4, -0.2) is 30.6 Å². The predicted octanol–water partition coefficient (Wildman–Crippen LogP) is 1.25. The van der Waals surface area contributed by atoms with E-state index >= 15 is 0 Å². The summed E-state index contributed by atoms with van der Waals surface area (Å²) in [5.74, 6) is 0.579. The van der Waals surface area contributed by atoms with Crippen molar-refractivity contribution in [1.82, 2.24) is 30.6 Å². The zero-order chi connectivity index (χ0) is 10.1. The molecule has 0 unspecified atom stereocenters. The maximum Gasteiger partial charge on any atom is 0.191 e. The van der Waals surface area contributed by atoms with E-state index in [1.807, 2.05) is 5.38 Å². The molecular weight excluding hydrogens is 232 g/mol. The van der Waals surface area contributed by atoms with Crippen molar-refractivity contribution in [3.63, 3.8) is 0 Å². The number of tetrazole rings is 1. The summed E-state index contributed by atoms with van der Waals surface area (Å²) in [5, 5.41) is 17.1. The second-order valence-electron chi connectivity index (χ2n) is 2.55. The molecule has 0 atom stereocenters. The molecule has 0 saturated carbocycles. The predicted molar refractivity (Wildman–Crippen MR) is 55.2 cm³/mol.